The van der Waals surface area contributed by atoms with Crippen LogP contribution in [0.15, 0.2) is 101 Å². The number of nitrogens with one attached hydrogen (secondary N) is 1. The Hall–Kier alpha value is -4.92. The highest BCUT2D eigenvalue weighted by Gasteiger charge is 2.20. The number of benzene rings is 3. The second-order valence-electron chi connectivity index (χ2n) is 8.41. The van der Waals surface area contributed by atoms with Crippen molar-refractivity contribution in [3.8, 4) is 11.5 Å². The van der Waals surface area contributed by atoms with Crippen LogP contribution in [0.25, 0.3) is 11.2 Å². The average Bonchev–Trinajstić information content (AvgIpc) is 3.36. The van der Waals surface area contributed by atoms with Crippen molar-refractivity contribution in [1.82, 2.24) is 18.7 Å². The smallest absolute Gasteiger partial charge is 0.333 e. The fourth-order valence-electron chi connectivity index (χ4n) is 4.13. The summed E-state index contributed by atoms with van der Waals surface area (Å²) in [6.45, 7) is 2.13. The second-order valence-corrected chi connectivity index (χ2v) is 8.41. The average molecular weight is 496 g/mol. The summed E-state index contributed by atoms with van der Waals surface area (Å²) in [4.78, 5) is 44.3. The van der Waals surface area contributed by atoms with E-state index < -0.39 is 23.7 Å². The Morgan fingerprint density at radius 2 is 1.57 bits per heavy atom. The molecule has 5 rings (SSSR count). The monoisotopic (exact) mass is 495 g/mol. The number of amides is 1. The molecule has 0 unspecified atom stereocenters. The predicted molar refractivity (Wildman–Crippen MR) is 141 cm³/mol. The minimum atomic E-state index is -0.605. The van der Waals surface area contributed by atoms with Crippen LogP contribution < -0.4 is 21.3 Å². The first-order chi connectivity index (χ1) is 18.0. The van der Waals surface area contributed by atoms with Crippen molar-refractivity contribution in [3.63, 3.8) is 0 Å². The third-order valence-electron chi connectivity index (χ3n) is 5.94. The Balaban J connectivity index is 1.49. The van der Waals surface area contributed by atoms with Gasteiger partial charge in [0.05, 0.1) is 18.6 Å². The van der Waals surface area contributed by atoms with Crippen LogP contribution in [0.2, 0.25) is 0 Å². The number of rotatable bonds is 8. The number of fused-ring (bicyclic) bond motifs is 1. The summed E-state index contributed by atoms with van der Waals surface area (Å²) in [5.41, 5.74) is 0.698. The number of carbonyl (C=O) groups is 1. The number of aryl methyl sites for hydroxylation is 1. The van der Waals surface area contributed by atoms with Crippen molar-refractivity contribution >= 4 is 22.8 Å². The Morgan fingerprint density at radius 3 is 2.30 bits per heavy atom. The first kappa shape index (κ1) is 23.8. The Bertz CT molecular complexity index is 1670. The molecule has 0 aliphatic heterocycles. The van der Waals surface area contributed by atoms with E-state index in [0.29, 0.717) is 29.4 Å². The molecule has 0 bridgehead atoms. The molecule has 0 saturated heterocycles. The van der Waals surface area contributed by atoms with E-state index in [0.717, 1.165) is 10.1 Å². The van der Waals surface area contributed by atoms with Crippen LogP contribution >= 0.6 is 0 Å². The number of nitrogens with zero attached hydrogens (tertiary/aromatic N) is 4. The lowest BCUT2D eigenvalue weighted by atomic mass is 10.2. The molecule has 2 aromatic heterocycles. The first-order valence-electron chi connectivity index (χ1n) is 11.9. The molecule has 1 amide bonds. The Kier molecular flexibility index (Phi) is 6.67. The number of carbonyl (C=O) groups excluding carboxylic acids is 1. The molecule has 37 heavy (non-hydrogen) atoms. The number of para-hydroxylation sites is 3. The van der Waals surface area contributed by atoms with Gasteiger partial charge in [0.25, 0.3) is 5.56 Å². The highest BCUT2D eigenvalue weighted by Crippen LogP contribution is 2.29. The molecule has 0 aliphatic rings. The van der Waals surface area contributed by atoms with E-state index in [4.69, 9.17) is 4.74 Å². The van der Waals surface area contributed by atoms with E-state index >= 15 is 0 Å². The number of imidazole rings is 1. The van der Waals surface area contributed by atoms with Crippen LogP contribution in [-0.2, 0) is 24.4 Å². The summed E-state index contributed by atoms with van der Waals surface area (Å²) in [6, 6.07) is 25.6. The molecule has 2 heterocycles. The molecule has 0 spiro atoms. The second kappa shape index (κ2) is 10.4. The molecule has 0 fully saturated rings. The summed E-state index contributed by atoms with van der Waals surface area (Å²) >= 11 is 0. The minimum absolute atomic E-state index is 0.215. The third-order valence-corrected chi connectivity index (χ3v) is 5.94. The van der Waals surface area contributed by atoms with Gasteiger partial charge in [0.1, 0.15) is 12.3 Å². The van der Waals surface area contributed by atoms with Crippen molar-refractivity contribution in [2.24, 2.45) is 0 Å². The molecular formula is C28H25N5O4. The summed E-state index contributed by atoms with van der Waals surface area (Å²) in [5, 5.41) is 2.78. The van der Waals surface area contributed by atoms with Gasteiger partial charge in [-0.25, -0.2) is 14.3 Å². The molecule has 0 aliphatic carbocycles. The largest absolute Gasteiger partial charge is 0.455 e. The van der Waals surface area contributed by atoms with Gasteiger partial charge in [-0.3, -0.25) is 14.2 Å². The van der Waals surface area contributed by atoms with E-state index in [9.17, 15) is 14.4 Å². The van der Waals surface area contributed by atoms with Gasteiger partial charge >= 0.3 is 5.69 Å². The predicted octanol–water partition coefficient (Wildman–Crippen LogP) is 3.86. The van der Waals surface area contributed by atoms with E-state index in [1.165, 1.54) is 10.9 Å². The molecule has 3 aromatic carbocycles. The zero-order chi connectivity index (χ0) is 25.8. The molecule has 9 heteroatoms. The van der Waals surface area contributed by atoms with Gasteiger partial charge in [-0.1, -0.05) is 60.7 Å². The van der Waals surface area contributed by atoms with Crippen molar-refractivity contribution in [2.45, 2.75) is 26.6 Å². The lowest BCUT2D eigenvalue weighted by molar-refractivity contribution is -0.116. The van der Waals surface area contributed by atoms with Crippen LogP contribution in [0.5, 0.6) is 11.5 Å². The summed E-state index contributed by atoms with van der Waals surface area (Å²) in [6.07, 6.45) is 1.54. The fourth-order valence-corrected chi connectivity index (χ4v) is 4.13. The molecule has 9 nitrogen and oxygen atoms in total. The normalized spacial score (nSPS) is 10.9. The maximum Gasteiger partial charge on any atom is 0.333 e. The van der Waals surface area contributed by atoms with Crippen molar-refractivity contribution in [3.05, 3.63) is 118 Å². The Morgan fingerprint density at radius 1 is 0.892 bits per heavy atom. The van der Waals surface area contributed by atoms with Gasteiger partial charge in [-0.05, 0) is 36.8 Å². The van der Waals surface area contributed by atoms with Crippen molar-refractivity contribution in [1.29, 1.82) is 0 Å². The molecule has 5 aromatic rings. The highest BCUT2D eigenvalue weighted by atomic mass is 16.5. The Labute approximate surface area is 212 Å². The van der Waals surface area contributed by atoms with E-state index in [2.05, 4.69) is 10.3 Å². The SMILES string of the molecule is CCn1cnc2c1c(=O)n(CC(=O)Nc1ccccc1Oc1ccccc1)c(=O)n2Cc1ccccc1. The molecule has 186 valence electrons. The van der Waals surface area contributed by atoms with Crippen LogP contribution in [0.3, 0.4) is 0 Å². The number of anilines is 1. The van der Waals surface area contributed by atoms with Crippen LogP contribution in [0, 0.1) is 0 Å². The minimum Gasteiger partial charge on any atom is -0.455 e. The van der Waals surface area contributed by atoms with E-state index in [-0.39, 0.29) is 12.1 Å². The van der Waals surface area contributed by atoms with Gasteiger partial charge in [-0.2, -0.15) is 0 Å². The topological polar surface area (TPSA) is 100 Å². The summed E-state index contributed by atoms with van der Waals surface area (Å²) < 4.78 is 9.97. The number of ether oxygens (including phenoxy) is 1. The van der Waals surface area contributed by atoms with E-state index in [1.54, 1.807) is 41.0 Å². The number of hydrogen-bond acceptors (Lipinski definition) is 5. The van der Waals surface area contributed by atoms with Crippen molar-refractivity contribution in [2.75, 3.05) is 5.32 Å². The maximum atomic E-state index is 13.5. The fraction of sp³-hybridized carbons (Fsp3) is 0.143. The van der Waals surface area contributed by atoms with Crippen LogP contribution in [0.4, 0.5) is 5.69 Å². The van der Waals surface area contributed by atoms with E-state index in [1.807, 2.05) is 55.5 Å². The van der Waals surface area contributed by atoms with Crippen LogP contribution in [-0.4, -0.2) is 24.6 Å². The molecule has 0 saturated carbocycles. The standard InChI is InChI=1S/C28H25N5O4/c1-2-31-19-29-26-25(31)27(35)33(28(36)32(26)17-20-11-5-3-6-12-20)18-24(34)30-22-15-9-10-16-23(22)37-21-13-7-4-8-14-21/h3-16,19H,2,17-18H2,1H3,(H,30,34). The quantitative estimate of drug-likeness (QED) is 0.352. The number of hydrogen-bond donors (Lipinski definition) is 1. The first-order valence-corrected chi connectivity index (χ1v) is 11.9. The number of aromatic nitrogens is 4. The maximum absolute atomic E-state index is 13.5. The molecule has 1 N–H and O–H groups in total. The summed E-state index contributed by atoms with van der Waals surface area (Å²) in [7, 11) is 0. The molecule has 0 atom stereocenters. The molecular weight excluding hydrogens is 470 g/mol. The lowest BCUT2D eigenvalue weighted by Gasteiger charge is -2.14. The van der Waals surface area contributed by atoms with Crippen LogP contribution in [0.1, 0.15) is 12.5 Å². The van der Waals surface area contributed by atoms with Gasteiger partial charge in [0.15, 0.2) is 16.9 Å². The van der Waals surface area contributed by atoms with Gasteiger partial charge in [0, 0.05) is 6.54 Å². The third kappa shape index (κ3) is 4.92. The van der Waals surface area contributed by atoms with Gasteiger partial charge in [0.2, 0.25) is 5.91 Å². The lowest BCUT2D eigenvalue weighted by Crippen LogP contribution is -2.43. The highest BCUT2D eigenvalue weighted by molar-refractivity contribution is 5.92. The zero-order valence-electron chi connectivity index (χ0n) is 20.2. The zero-order valence-corrected chi connectivity index (χ0v) is 20.2. The van der Waals surface area contributed by atoms with Crippen molar-refractivity contribution < 1.29 is 9.53 Å². The van der Waals surface area contributed by atoms with Gasteiger partial charge < -0.3 is 14.6 Å². The summed E-state index contributed by atoms with van der Waals surface area (Å²) in [5.74, 6) is 0.523. The molecule has 0 radical (unpaired) electrons. The van der Waals surface area contributed by atoms with Gasteiger partial charge in [-0.15, -0.1) is 0 Å².